The molecule has 24 heavy (non-hydrogen) atoms. The van der Waals surface area contributed by atoms with E-state index in [1.165, 1.54) is 5.56 Å². The lowest BCUT2D eigenvalue weighted by molar-refractivity contribution is -0.116. The van der Waals surface area contributed by atoms with Crippen molar-refractivity contribution in [3.63, 3.8) is 0 Å². The van der Waals surface area contributed by atoms with Crippen molar-refractivity contribution < 1.29 is 14.3 Å². The van der Waals surface area contributed by atoms with Crippen molar-refractivity contribution in [3.8, 4) is 5.75 Å². The number of ketones is 1. The molecule has 126 valence electrons. The van der Waals surface area contributed by atoms with Crippen molar-refractivity contribution in [2.75, 3.05) is 12.4 Å². The maximum absolute atomic E-state index is 12.2. The van der Waals surface area contributed by atoms with Crippen LogP contribution in [0.15, 0.2) is 42.5 Å². The summed E-state index contributed by atoms with van der Waals surface area (Å²) in [7, 11) is 1.56. The smallest absolute Gasteiger partial charge is 0.224 e. The normalized spacial score (nSPS) is 10.3. The molecule has 0 spiro atoms. The van der Waals surface area contributed by atoms with Crippen LogP contribution < -0.4 is 10.1 Å². The third-order valence-electron chi connectivity index (χ3n) is 3.89. The molecular formula is C20H23NO3. The Morgan fingerprint density at radius 3 is 2.38 bits per heavy atom. The second kappa shape index (κ2) is 8.29. The molecule has 2 rings (SSSR count). The third-order valence-corrected chi connectivity index (χ3v) is 3.89. The number of carbonyl (C=O) groups is 2. The number of ether oxygens (including phenoxy) is 1. The van der Waals surface area contributed by atoms with Gasteiger partial charge in [-0.05, 0) is 36.6 Å². The van der Waals surface area contributed by atoms with E-state index in [2.05, 4.69) is 12.2 Å². The molecule has 0 saturated carbocycles. The first kappa shape index (κ1) is 17.7. The van der Waals surface area contributed by atoms with Crippen LogP contribution in [0, 0.1) is 6.92 Å². The number of Topliss-reactive ketones (excluding diaryl/α,β-unsaturated/α-hetero) is 1. The highest BCUT2D eigenvalue weighted by atomic mass is 16.5. The van der Waals surface area contributed by atoms with E-state index in [1.807, 2.05) is 49.4 Å². The first-order chi connectivity index (χ1) is 11.5. The largest absolute Gasteiger partial charge is 0.495 e. The number of carbonyl (C=O) groups excluding carboxylic acids is 2. The van der Waals surface area contributed by atoms with Crippen LogP contribution in [0.25, 0.3) is 0 Å². The lowest BCUT2D eigenvalue weighted by atomic mass is 10.0. The number of benzene rings is 2. The maximum Gasteiger partial charge on any atom is 0.224 e. The maximum atomic E-state index is 12.2. The van der Waals surface area contributed by atoms with Crippen molar-refractivity contribution in [1.29, 1.82) is 0 Å². The SMILES string of the molecule is CCc1ccc(C(=O)CCC(=O)Nc2cc(C)ccc2OC)cc1. The Balaban J connectivity index is 1.93. The van der Waals surface area contributed by atoms with Crippen molar-refractivity contribution in [2.24, 2.45) is 0 Å². The highest BCUT2D eigenvalue weighted by Crippen LogP contribution is 2.25. The van der Waals surface area contributed by atoms with Crippen LogP contribution in [-0.4, -0.2) is 18.8 Å². The highest BCUT2D eigenvalue weighted by Gasteiger charge is 2.11. The number of nitrogens with one attached hydrogen (secondary N) is 1. The Morgan fingerprint density at radius 2 is 1.75 bits per heavy atom. The fourth-order valence-corrected chi connectivity index (χ4v) is 2.43. The minimum Gasteiger partial charge on any atom is -0.495 e. The Hall–Kier alpha value is -2.62. The van der Waals surface area contributed by atoms with E-state index in [-0.39, 0.29) is 24.5 Å². The standard InChI is InChI=1S/C20H23NO3/c1-4-15-6-8-16(9-7-15)18(22)10-12-20(23)21-17-13-14(2)5-11-19(17)24-3/h5-9,11,13H,4,10,12H2,1-3H3,(H,21,23). The van der Waals surface area contributed by atoms with E-state index in [9.17, 15) is 9.59 Å². The molecular weight excluding hydrogens is 302 g/mol. The van der Waals surface area contributed by atoms with Crippen LogP contribution in [0.2, 0.25) is 0 Å². The lowest BCUT2D eigenvalue weighted by Crippen LogP contribution is -2.14. The Bertz CT molecular complexity index is 720. The van der Waals surface area contributed by atoms with Gasteiger partial charge in [-0.15, -0.1) is 0 Å². The number of rotatable bonds is 7. The monoisotopic (exact) mass is 325 g/mol. The van der Waals surface area contributed by atoms with Gasteiger partial charge in [0.2, 0.25) is 5.91 Å². The molecule has 0 fully saturated rings. The molecule has 0 atom stereocenters. The third kappa shape index (κ3) is 4.69. The van der Waals surface area contributed by atoms with Gasteiger partial charge in [-0.3, -0.25) is 9.59 Å². The minimum atomic E-state index is -0.197. The van der Waals surface area contributed by atoms with E-state index in [1.54, 1.807) is 7.11 Å². The molecule has 0 heterocycles. The van der Waals surface area contributed by atoms with Gasteiger partial charge >= 0.3 is 0 Å². The molecule has 0 saturated heterocycles. The summed E-state index contributed by atoms with van der Waals surface area (Å²) in [5, 5.41) is 2.81. The molecule has 4 heteroatoms. The molecule has 0 aromatic heterocycles. The second-order valence-corrected chi connectivity index (χ2v) is 5.73. The molecule has 1 N–H and O–H groups in total. The van der Waals surface area contributed by atoms with Gasteiger partial charge in [0.25, 0.3) is 0 Å². The first-order valence-corrected chi connectivity index (χ1v) is 8.10. The number of amides is 1. The summed E-state index contributed by atoms with van der Waals surface area (Å²) in [6.07, 6.45) is 1.27. The number of aryl methyl sites for hydroxylation is 2. The summed E-state index contributed by atoms with van der Waals surface area (Å²) >= 11 is 0. The zero-order valence-corrected chi connectivity index (χ0v) is 14.4. The van der Waals surface area contributed by atoms with E-state index in [0.29, 0.717) is 17.0 Å². The van der Waals surface area contributed by atoms with E-state index < -0.39 is 0 Å². The summed E-state index contributed by atoms with van der Waals surface area (Å²) in [6, 6.07) is 13.1. The molecule has 0 aliphatic rings. The second-order valence-electron chi connectivity index (χ2n) is 5.73. The zero-order chi connectivity index (χ0) is 17.5. The minimum absolute atomic E-state index is 0.0241. The lowest BCUT2D eigenvalue weighted by Gasteiger charge is -2.11. The Kier molecular flexibility index (Phi) is 6.13. The van der Waals surface area contributed by atoms with Gasteiger partial charge in [0, 0.05) is 18.4 Å². The van der Waals surface area contributed by atoms with Gasteiger partial charge in [-0.25, -0.2) is 0 Å². The fourth-order valence-electron chi connectivity index (χ4n) is 2.43. The Labute approximate surface area is 142 Å². The number of anilines is 1. The predicted octanol–water partition coefficient (Wildman–Crippen LogP) is 4.17. The molecule has 4 nitrogen and oxygen atoms in total. The van der Waals surface area contributed by atoms with Gasteiger partial charge in [0.15, 0.2) is 5.78 Å². The first-order valence-electron chi connectivity index (χ1n) is 8.10. The van der Waals surface area contributed by atoms with Crippen molar-refractivity contribution >= 4 is 17.4 Å². The quantitative estimate of drug-likeness (QED) is 0.777. The van der Waals surface area contributed by atoms with Gasteiger partial charge in [0.05, 0.1) is 12.8 Å². The topological polar surface area (TPSA) is 55.4 Å². The van der Waals surface area contributed by atoms with Crippen molar-refractivity contribution in [1.82, 2.24) is 0 Å². The van der Waals surface area contributed by atoms with Crippen LogP contribution >= 0.6 is 0 Å². The van der Waals surface area contributed by atoms with Crippen LogP contribution in [0.3, 0.4) is 0 Å². The molecule has 2 aromatic carbocycles. The molecule has 0 unspecified atom stereocenters. The summed E-state index contributed by atoms with van der Waals surface area (Å²) < 4.78 is 5.24. The molecule has 0 radical (unpaired) electrons. The predicted molar refractivity (Wildman–Crippen MR) is 95.7 cm³/mol. The van der Waals surface area contributed by atoms with Gasteiger partial charge < -0.3 is 10.1 Å². The average molecular weight is 325 g/mol. The van der Waals surface area contributed by atoms with Gasteiger partial charge in [-0.1, -0.05) is 37.3 Å². The van der Waals surface area contributed by atoms with Crippen molar-refractivity contribution in [3.05, 3.63) is 59.2 Å². The fraction of sp³-hybridized carbons (Fsp3) is 0.300. The number of methoxy groups -OCH3 is 1. The highest BCUT2D eigenvalue weighted by molar-refractivity contribution is 6.00. The van der Waals surface area contributed by atoms with Crippen molar-refractivity contribution in [2.45, 2.75) is 33.1 Å². The summed E-state index contributed by atoms with van der Waals surface area (Å²) in [5.41, 5.74) is 3.49. The van der Waals surface area contributed by atoms with Crippen LogP contribution in [0.1, 0.15) is 41.3 Å². The summed E-state index contributed by atoms with van der Waals surface area (Å²) in [5.74, 6) is 0.386. The number of hydrogen-bond donors (Lipinski definition) is 1. The molecule has 0 bridgehead atoms. The van der Waals surface area contributed by atoms with Gasteiger partial charge in [-0.2, -0.15) is 0 Å². The van der Waals surface area contributed by atoms with Crippen LogP contribution in [0.5, 0.6) is 5.75 Å². The van der Waals surface area contributed by atoms with Gasteiger partial charge in [0.1, 0.15) is 5.75 Å². The van der Waals surface area contributed by atoms with E-state index in [4.69, 9.17) is 4.74 Å². The summed E-state index contributed by atoms with van der Waals surface area (Å²) in [4.78, 5) is 24.3. The van der Waals surface area contributed by atoms with E-state index >= 15 is 0 Å². The average Bonchev–Trinajstić information content (AvgIpc) is 2.60. The molecule has 1 amide bonds. The molecule has 2 aromatic rings. The van der Waals surface area contributed by atoms with Crippen LogP contribution in [0.4, 0.5) is 5.69 Å². The molecule has 0 aliphatic heterocycles. The molecule has 0 aliphatic carbocycles. The van der Waals surface area contributed by atoms with E-state index in [0.717, 1.165) is 12.0 Å². The zero-order valence-electron chi connectivity index (χ0n) is 14.4. The van der Waals surface area contributed by atoms with Crippen LogP contribution in [-0.2, 0) is 11.2 Å². The summed E-state index contributed by atoms with van der Waals surface area (Å²) in [6.45, 7) is 4.01. The number of hydrogen-bond acceptors (Lipinski definition) is 3. The Morgan fingerprint density at radius 1 is 1.04 bits per heavy atom.